The topological polar surface area (TPSA) is 75.3 Å². The average molecular weight is 248 g/mol. The minimum atomic E-state index is -0.978. The van der Waals surface area contributed by atoms with Gasteiger partial charge < -0.3 is 16.2 Å². The number of para-hydroxylation sites is 1. The number of carboxylic acids is 1. The molecule has 1 fully saturated rings. The molecule has 0 saturated heterocycles. The summed E-state index contributed by atoms with van der Waals surface area (Å²) in [5, 5.41) is 12.4. The number of hydrogen-bond donors (Lipinski definition) is 3. The molecule has 0 aromatic heterocycles. The third kappa shape index (κ3) is 2.75. The Hall–Kier alpha value is -1.71. The number of nitrogen functional groups attached to an aromatic ring is 1. The Morgan fingerprint density at radius 3 is 2.61 bits per heavy atom. The fourth-order valence-corrected chi connectivity index (χ4v) is 2.50. The summed E-state index contributed by atoms with van der Waals surface area (Å²) in [5.74, 6) is -0.181. The number of nitrogens with two attached hydrogens (primary N) is 1. The monoisotopic (exact) mass is 248 g/mol. The van der Waals surface area contributed by atoms with Gasteiger partial charge in [-0.2, -0.15) is 0 Å². The number of anilines is 2. The second-order valence-corrected chi connectivity index (χ2v) is 5.17. The largest absolute Gasteiger partial charge is 0.478 e. The predicted octanol–water partition coefficient (Wildman–Crippen LogP) is 2.96. The first kappa shape index (κ1) is 12.7. The molecule has 0 bridgehead atoms. The fourth-order valence-electron chi connectivity index (χ4n) is 2.50. The van der Waals surface area contributed by atoms with Crippen LogP contribution in [0.4, 0.5) is 11.4 Å². The van der Waals surface area contributed by atoms with Crippen molar-refractivity contribution in [2.75, 3.05) is 11.1 Å². The summed E-state index contributed by atoms with van der Waals surface area (Å²) >= 11 is 0. The van der Waals surface area contributed by atoms with Gasteiger partial charge in [-0.25, -0.2) is 4.79 Å². The van der Waals surface area contributed by atoms with Crippen molar-refractivity contribution in [3.63, 3.8) is 0 Å². The van der Waals surface area contributed by atoms with E-state index >= 15 is 0 Å². The average Bonchev–Trinajstić information content (AvgIpc) is 2.34. The summed E-state index contributed by atoms with van der Waals surface area (Å²) in [7, 11) is 0. The maximum atomic E-state index is 11.0. The van der Waals surface area contributed by atoms with Gasteiger partial charge in [0.2, 0.25) is 0 Å². The van der Waals surface area contributed by atoms with E-state index in [0.29, 0.717) is 11.7 Å². The molecule has 0 atom stereocenters. The number of carboxylic acid groups (broad SMARTS) is 1. The molecule has 1 aliphatic rings. The van der Waals surface area contributed by atoms with E-state index in [1.807, 2.05) is 6.07 Å². The molecule has 4 N–H and O–H groups in total. The zero-order valence-corrected chi connectivity index (χ0v) is 10.6. The van der Waals surface area contributed by atoms with E-state index in [9.17, 15) is 4.79 Å². The molecule has 0 spiro atoms. The molecule has 98 valence electrons. The molecule has 1 aromatic rings. The van der Waals surface area contributed by atoms with Gasteiger partial charge in [0, 0.05) is 6.04 Å². The highest BCUT2D eigenvalue weighted by atomic mass is 16.4. The second-order valence-electron chi connectivity index (χ2n) is 5.17. The number of carbonyl (C=O) groups is 1. The number of aromatic carboxylic acids is 1. The van der Waals surface area contributed by atoms with Crippen LogP contribution >= 0.6 is 0 Å². The zero-order chi connectivity index (χ0) is 13.1. The molecular weight excluding hydrogens is 228 g/mol. The Balaban J connectivity index is 2.10. The molecule has 1 aliphatic carbocycles. The maximum Gasteiger partial charge on any atom is 0.337 e. The van der Waals surface area contributed by atoms with Gasteiger partial charge in [-0.3, -0.25) is 0 Å². The Kier molecular flexibility index (Phi) is 3.75. The normalized spacial score (nSPS) is 23.6. The minimum absolute atomic E-state index is 0.171. The first-order valence-electron chi connectivity index (χ1n) is 6.46. The van der Waals surface area contributed by atoms with Crippen molar-refractivity contribution in [2.45, 2.75) is 38.6 Å². The zero-order valence-electron chi connectivity index (χ0n) is 10.6. The second kappa shape index (κ2) is 5.29. The van der Waals surface area contributed by atoms with Gasteiger partial charge >= 0.3 is 5.97 Å². The van der Waals surface area contributed by atoms with Crippen molar-refractivity contribution in [1.82, 2.24) is 0 Å². The third-order valence-electron chi connectivity index (χ3n) is 3.71. The Labute approximate surface area is 107 Å². The molecule has 1 saturated carbocycles. The summed E-state index contributed by atoms with van der Waals surface area (Å²) in [6.45, 7) is 2.27. The summed E-state index contributed by atoms with van der Waals surface area (Å²) in [4.78, 5) is 11.0. The Morgan fingerprint density at radius 1 is 1.33 bits per heavy atom. The summed E-state index contributed by atoms with van der Waals surface area (Å²) in [6.07, 6.45) is 4.68. The van der Waals surface area contributed by atoms with Crippen LogP contribution in [0.15, 0.2) is 18.2 Å². The van der Waals surface area contributed by atoms with Crippen LogP contribution in [0.3, 0.4) is 0 Å². The van der Waals surface area contributed by atoms with Gasteiger partial charge in [-0.1, -0.05) is 13.0 Å². The first-order chi connectivity index (χ1) is 8.58. The first-order valence-corrected chi connectivity index (χ1v) is 6.46. The summed E-state index contributed by atoms with van der Waals surface area (Å²) in [6, 6.07) is 5.52. The van der Waals surface area contributed by atoms with Crippen LogP contribution in [0, 0.1) is 5.92 Å². The third-order valence-corrected chi connectivity index (χ3v) is 3.71. The summed E-state index contributed by atoms with van der Waals surface area (Å²) < 4.78 is 0. The standard InChI is InChI=1S/C14H20N2O2/c1-9-5-7-10(8-6-9)16-12-4-2-3-11(13(12)15)14(17)18/h2-4,9-10,16H,5-8,15H2,1H3,(H,17,18). The number of rotatable bonds is 3. The van der Waals surface area contributed by atoms with E-state index in [1.165, 1.54) is 18.9 Å². The van der Waals surface area contributed by atoms with Crippen LogP contribution in [0.1, 0.15) is 43.0 Å². The lowest BCUT2D eigenvalue weighted by Crippen LogP contribution is -2.25. The quantitative estimate of drug-likeness (QED) is 0.719. The number of benzene rings is 1. The molecule has 0 unspecified atom stereocenters. The van der Waals surface area contributed by atoms with Gasteiger partial charge in [-0.15, -0.1) is 0 Å². The van der Waals surface area contributed by atoms with Gasteiger partial charge in [0.25, 0.3) is 0 Å². The van der Waals surface area contributed by atoms with E-state index < -0.39 is 5.97 Å². The van der Waals surface area contributed by atoms with E-state index in [0.717, 1.165) is 24.4 Å². The van der Waals surface area contributed by atoms with Crippen LogP contribution in [0.2, 0.25) is 0 Å². The Bertz CT molecular complexity index is 437. The minimum Gasteiger partial charge on any atom is -0.478 e. The van der Waals surface area contributed by atoms with Gasteiger partial charge in [-0.05, 0) is 43.7 Å². The SMILES string of the molecule is CC1CCC(Nc2cccc(C(=O)O)c2N)CC1. The molecule has 4 heteroatoms. The highest BCUT2D eigenvalue weighted by Gasteiger charge is 2.19. The van der Waals surface area contributed by atoms with Crippen molar-refractivity contribution in [3.8, 4) is 0 Å². The molecule has 1 aromatic carbocycles. The highest BCUT2D eigenvalue weighted by Crippen LogP contribution is 2.29. The lowest BCUT2D eigenvalue weighted by atomic mass is 9.87. The van der Waals surface area contributed by atoms with Crippen LogP contribution in [0.25, 0.3) is 0 Å². The molecular formula is C14H20N2O2. The van der Waals surface area contributed by atoms with Crippen molar-refractivity contribution in [1.29, 1.82) is 0 Å². The van der Waals surface area contributed by atoms with E-state index in [2.05, 4.69) is 12.2 Å². The van der Waals surface area contributed by atoms with Crippen LogP contribution < -0.4 is 11.1 Å². The molecule has 0 amide bonds. The Morgan fingerprint density at radius 2 is 2.00 bits per heavy atom. The number of nitrogens with one attached hydrogen (secondary N) is 1. The van der Waals surface area contributed by atoms with Gasteiger partial charge in [0.15, 0.2) is 0 Å². The fraction of sp³-hybridized carbons (Fsp3) is 0.500. The molecule has 2 rings (SSSR count). The lowest BCUT2D eigenvalue weighted by Gasteiger charge is -2.28. The molecule has 0 heterocycles. The highest BCUT2D eigenvalue weighted by molar-refractivity contribution is 5.97. The van der Waals surface area contributed by atoms with Gasteiger partial charge in [0.05, 0.1) is 16.9 Å². The molecule has 0 radical (unpaired) electrons. The van der Waals surface area contributed by atoms with Crippen molar-refractivity contribution >= 4 is 17.3 Å². The summed E-state index contributed by atoms with van der Waals surface area (Å²) in [5.41, 5.74) is 7.14. The van der Waals surface area contributed by atoms with Crippen molar-refractivity contribution in [2.24, 2.45) is 5.92 Å². The maximum absolute atomic E-state index is 11.0. The molecule has 18 heavy (non-hydrogen) atoms. The van der Waals surface area contributed by atoms with E-state index in [4.69, 9.17) is 10.8 Å². The van der Waals surface area contributed by atoms with E-state index in [-0.39, 0.29) is 5.56 Å². The smallest absolute Gasteiger partial charge is 0.337 e. The molecule has 0 aliphatic heterocycles. The van der Waals surface area contributed by atoms with Crippen LogP contribution in [0.5, 0.6) is 0 Å². The van der Waals surface area contributed by atoms with Crippen LogP contribution in [-0.2, 0) is 0 Å². The predicted molar refractivity (Wildman–Crippen MR) is 72.9 cm³/mol. The van der Waals surface area contributed by atoms with Crippen molar-refractivity contribution in [3.05, 3.63) is 23.8 Å². The van der Waals surface area contributed by atoms with E-state index in [1.54, 1.807) is 6.07 Å². The van der Waals surface area contributed by atoms with Crippen LogP contribution in [-0.4, -0.2) is 17.1 Å². The molecule has 4 nitrogen and oxygen atoms in total. The number of hydrogen-bond acceptors (Lipinski definition) is 3. The van der Waals surface area contributed by atoms with Gasteiger partial charge in [0.1, 0.15) is 0 Å². The lowest BCUT2D eigenvalue weighted by molar-refractivity contribution is 0.0698. The van der Waals surface area contributed by atoms with Crippen molar-refractivity contribution < 1.29 is 9.90 Å².